The third kappa shape index (κ3) is 73.4. The Balaban J connectivity index is 4.20. The minimum atomic E-state index is -1.64. The van der Waals surface area contributed by atoms with Crippen molar-refractivity contribution < 1.29 is 42.9 Å². The number of rotatable bonds is 65. The number of aliphatic carboxylic acids is 1. The predicted octanol–water partition coefficient (Wildman–Crippen LogP) is 22.0. The number of hydrogen-bond acceptors (Lipinski definition) is 8. The van der Waals surface area contributed by atoms with Crippen LogP contribution in [0.5, 0.6) is 0 Å². The van der Waals surface area contributed by atoms with Crippen LogP contribution in [0.1, 0.15) is 258 Å². The minimum absolute atomic E-state index is 0.131. The Hall–Kier alpha value is -5.87. The van der Waals surface area contributed by atoms with Crippen LogP contribution in [0.2, 0.25) is 0 Å². The molecule has 2 unspecified atom stereocenters. The van der Waals surface area contributed by atoms with Gasteiger partial charge < -0.3 is 33.3 Å². The normalized spacial score (nSPS) is 13.9. The first-order chi connectivity index (χ1) is 45.6. The van der Waals surface area contributed by atoms with Crippen LogP contribution in [0, 0.1) is 0 Å². The summed E-state index contributed by atoms with van der Waals surface area (Å²) in [5.41, 5.74) is 0. The number of carbonyl (C=O) groups is 3. The molecule has 0 amide bonds. The Morgan fingerprint density at radius 1 is 0.323 bits per heavy atom. The lowest BCUT2D eigenvalue weighted by atomic mass is 10.0. The Labute approximate surface area is 570 Å². The van der Waals surface area contributed by atoms with Gasteiger partial charge in [-0.25, -0.2) is 0 Å². The molecular formula is C84H133NO8. The van der Waals surface area contributed by atoms with Crippen LogP contribution in [0.25, 0.3) is 0 Å². The topological polar surface area (TPSA) is 111 Å². The van der Waals surface area contributed by atoms with Crippen LogP contribution in [0.15, 0.2) is 194 Å². The second kappa shape index (κ2) is 72.0. The van der Waals surface area contributed by atoms with Crippen LogP contribution in [0.4, 0.5) is 0 Å². The summed E-state index contributed by atoms with van der Waals surface area (Å²) in [5.74, 6) is -2.35. The monoisotopic (exact) mass is 1280 g/mol. The number of nitrogens with zero attached hydrogens (tertiary/aromatic N) is 1. The van der Waals surface area contributed by atoms with Gasteiger partial charge in [0, 0.05) is 12.8 Å². The number of allylic oxidation sites excluding steroid dienone is 32. The third-order valence-corrected chi connectivity index (χ3v) is 14.8. The maximum absolute atomic E-state index is 12.9. The van der Waals surface area contributed by atoms with Gasteiger partial charge >= 0.3 is 11.9 Å². The molecule has 0 aromatic carbocycles. The molecule has 0 aliphatic rings. The van der Waals surface area contributed by atoms with E-state index >= 15 is 0 Å². The van der Waals surface area contributed by atoms with E-state index < -0.39 is 24.3 Å². The summed E-state index contributed by atoms with van der Waals surface area (Å²) in [6.07, 6.45) is 108. The standard InChI is InChI=1S/C84H133NO8/c1-6-8-10-12-14-16-18-20-22-24-26-28-30-32-34-36-38-39-40-41-42-43-45-46-48-50-52-54-56-58-60-62-64-66-68-70-72-74-81(86)91-78-80(79-92-84(83(88)89)90-77-76-85(3,4)5)93-82(87)75-73-71-69-67-65-63-61-59-57-55-53-51-49-47-44-37-35-33-31-29-27-25-23-21-19-17-15-13-11-9-7-2/h8-11,14-17,20-23,26-29,32-35,38-39,41-42,44,47,51,53,57,59,63,65,80,84H,6-7,12-13,18-19,24-25,30-31,36-37,40,43,45-46,48-50,52,54-56,58,60-62,64,66-79H2,1-5H3/b10-8-,11-9-,16-14-,17-15-,22-20-,23-21-,28-26-,29-27-,34-32-,35-33-,39-38-,42-41-,47-44-,53-51-,59-57-,65-63-. The summed E-state index contributed by atoms with van der Waals surface area (Å²) >= 11 is 0. The number of hydrogen-bond donors (Lipinski definition) is 0. The van der Waals surface area contributed by atoms with Crippen molar-refractivity contribution in [1.82, 2.24) is 0 Å². The van der Waals surface area contributed by atoms with Gasteiger partial charge in [-0.05, 0) is 141 Å². The Morgan fingerprint density at radius 2 is 0.581 bits per heavy atom. The van der Waals surface area contributed by atoms with Gasteiger partial charge in [0.2, 0.25) is 0 Å². The predicted molar refractivity (Wildman–Crippen MR) is 397 cm³/mol. The molecule has 0 aliphatic heterocycles. The molecule has 0 saturated carbocycles. The molecule has 0 saturated heterocycles. The van der Waals surface area contributed by atoms with Crippen molar-refractivity contribution in [3.8, 4) is 0 Å². The van der Waals surface area contributed by atoms with Crippen molar-refractivity contribution in [1.29, 1.82) is 0 Å². The molecule has 0 rings (SSSR count). The number of quaternary nitrogens is 1. The molecule has 0 aromatic heterocycles. The average Bonchev–Trinajstić information content (AvgIpc) is 3.38. The zero-order valence-corrected chi connectivity index (χ0v) is 59.5. The fraction of sp³-hybridized carbons (Fsp3) is 0.583. The molecule has 0 radical (unpaired) electrons. The molecule has 93 heavy (non-hydrogen) atoms. The van der Waals surface area contributed by atoms with Crippen molar-refractivity contribution in [2.24, 2.45) is 0 Å². The van der Waals surface area contributed by atoms with Gasteiger partial charge in [0.25, 0.3) is 0 Å². The fourth-order valence-electron chi connectivity index (χ4n) is 9.33. The molecule has 0 aliphatic carbocycles. The Morgan fingerprint density at radius 3 is 0.871 bits per heavy atom. The van der Waals surface area contributed by atoms with Gasteiger partial charge in [-0.1, -0.05) is 298 Å². The van der Waals surface area contributed by atoms with Crippen molar-refractivity contribution in [3.63, 3.8) is 0 Å². The number of esters is 2. The van der Waals surface area contributed by atoms with E-state index in [0.717, 1.165) is 141 Å². The summed E-state index contributed by atoms with van der Waals surface area (Å²) in [5, 5.41) is 11.8. The lowest BCUT2D eigenvalue weighted by molar-refractivity contribution is -0.870. The van der Waals surface area contributed by atoms with E-state index in [0.29, 0.717) is 17.4 Å². The first-order valence-corrected chi connectivity index (χ1v) is 36.6. The van der Waals surface area contributed by atoms with Gasteiger partial charge in [-0.15, -0.1) is 0 Å². The molecule has 9 nitrogen and oxygen atoms in total. The summed E-state index contributed by atoms with van der Waals surface area (Å²) in [7, 11) is 5.91. The third-order valence-electron chi connectivity index (χ3n) is 14.8. The average molecular weight is 1280 g/mol. The zero-order chi connectivity index (χ0) is 67.5. The smallest absolute Gasteiger partial charge is 0.306 e. The van der Waals surface area contributed by atoms with E-state index in [1.807, 2.05) is 21.1 Å². The second-order valence-electron chi connectivity index (χ2n) is 24.8. The van der Waals surface area contributed by atoms with E-state index in [2.05, 4.69) is 208 Å². The molecular weight excluding hydrogens is 1150 g/mol. The highest BCUT2D eigenvalue weighted by Crippen LogP contribution is 2.16. The number of carbonyl (C=O) groups excluding carboxylic acids is 3. The zero-order valence-electron chi connectivity index (χ0n) is 59.5. The van der Waals surface area contributed by atoms with Crippen molar-refractivity contribution in [2.75, 3.05) is 47.5 Å². The number of likely N-dealkylation sites (N-methyl/N-ethyl adjacent to an activating group) is 1. The highest BCUT2D eigenvalue weighted by Gasteiger charge is 2.22. The Bertz CT molecular complexity index is 2230. The molecule has 0 heterocycles. The van der Waals surface area contributed by atoms with Gasteiger partial charge in [0.1, 0.15) is 13.2 Å². The molecule has 522 valence electrons. The van der Waals surface area contributed by atoms with Gasteiger partial charge in [-0.3, -0.25) is 9.59 Å². The second-order valence-corrected chi connectivity index (χ2v) is 24.8. The summed E-state index contributed by atoms with van der Waals surface area (Å²) in [6, 6.07) is 0. The minimum Gasteiger partial charge on any atom is -0.545 e. The summed E-state index contributed by atoms with van der Waals surface area (Å²) in [4.78, 5) is 37.5. The molecule has 0 bridgehead atoms. The number of unbranched alkanes of at least 4 members (excludes halogenated alkanes) is 18. The molecule has 0 fully saturated rings. The first-order valence-electron chi connectivity index (χ1n) is 36.6. The molecule has 9 heteroatoms. The lowest BCUT2D eigenvalue weighted by Crippen LogP contribution is -2.44. The van der Waals surface area contributed by atoms with Crippen LogP contribution < -0.4 is 5.11 Å². The summed E-state index contributed by atoms with van der Waals surface area (Å²) in [6.45, 7) is 4.46. The van der Waals surface area contributed by atoms with Crippen LogP contribution >= 0.6 is 0 Å². The molecule has 0 aromatic rings. The van der Waals surface area contributed by atoms with E-state index in [-0.39, 0.29) is 38.6 Å². The van der Waals surface area contributed by atoms with Crippen molar-refractivity contribution in [3.05, 3.63) is 194 Å². The van der Waals surface area contributed by atoms with Crippen LogP contribution in [-0.2, 0) is 33.3 Å². The van der Waals surface area contributed by atoms with E-state index in [9.17, 15) is 19.5 Å². The maximum Gasteiger partial charge on any atom is 0.306 e. The van der Waals surface area contributed by atoms with Crippen molar-refractivity contribution in [2.45, 2.75) is 270 Å². The molecule has 0 N–H and O–H groups in total. The number of carboxylic acid groups (broad SMARTS) is 1. The van der Waals surface area contributed by atoms with E-state index in [4.69, 9.17) is 18.9 Å². The van der Waals surface area contributed by atoms with Crippen LogP contribution in [-0.4, -0.2) is 82.3 Å². The van der Waals surface area contributed by atoms with E-state index in [1.54, 1.807) is 0 Å². The number of ether oxygens (including phenoxy) is 4. The fourth-order valence-corrected chi connectivity index (χ4v) is 9.33. The molecule has 0 spiro atoms. The quantitative estimate of drug-likeness (QED) is 0.0195. The highest BCUT2D eigenvalue weighted by molar-refractivity contribution is 5.70. The molecule has 2 atom stereocenters. The van der Waals surface area contributed by atoms with Gasteiger partial charge in [0.15, 0.2) is 12.4 Å². The van der Waals surface area contributed by atoms with E-state index in [1.165, 1.54) is 83.5 Å². The highest BCUT2D eigenvalue weighted by atomic mass is 16.7. The maximum atomic E-state index is 12.9. The first kappa shape index (κ1) is 87.1. The number of carboxylic acids is 1. The van der Waals surface area contributed by atoms with Gasteiger partial charge in [0.05, 0.1) is 40.3 Å². The van der Waals surface area contributed by atoms with Crippen LogP contribution in [0.3, 0.4) is 0 Å². The van der Waals surface area contributed by atoms with Gasteiger partial charge in [-0.2, -0.15) is 0 Å². The lowest BCUT2D eigenvalue weighted by Gasteiger charge is -2.26. The summed E-state index contributed by atoms with van der Waals surface area (Å²) < 4.78 is 22.8. The Kier molecular flexibility index (Phi) is 67.4. The largest absolute Gasteiger partial charge is 0.545 e. The SMILES string of the molecule is CC/C=C\C/C=C\C/C=C\C/C=C\C/C=C\C/C=C\C/C=C\C/C=C\C/C=C\CCCCCC(=O)OC(COC(=O)CCCCCCCCCCCCCCCCC/C=C\C/C=C\C/C=C\C/C=C\C/C=C\C/C=C\C/C=C\CC)COC(OCC[N+](C)(C)C)C(=O)[O-]. The van der Waals surface area contributed by atoms with Crippen molar-refractivity contribution >= 4 is 17.9 Å².